The van der Waals surface area contributed by atoms with Crippen LogP contribution in [0.4, 0.5) is 17.6 Å². The Balaban J connectivity index is 0.00000210. The molecule has 0 atom stereocenters. The first-order valence-corrected chi connectivity index (χ1v) is 7.71. The van der Waals surface area contributed by atoms with E-state index in [-0.39, 0.29) is 18.2 Å². The first-order valence-electron chi connectivity index (χ1n) is 7.71. The molecule has 4 rings (SSSR count). The topological polar surface area (TPSA) is 95.6 Å². The summed E-state index contributed by atoms with van der Waals surface area (Å²) >= 11 is 0. The minimum atomic E-state index is -4.88. The number of halogens is 5. The summed E-state index contributed by atoms with van der Waals surface area (Å²) in [6.07, 6.45) is -2.79. The zero-order chi connectivity index (χ0) is 18.5. The van der Waals surface area contributed by atoms with E-state index in [1.165, 1.54) is 12.1 Å². The summed E-state index contributed by atoms with van der Waals surface area (Å²) < 4.78 is 60.1. The molecular weight excluding hydrogens is 392 g/mol. The lowest BCUT2D eigenvalue weighted by Crippen LogP contribution is -2.44. The number of aromatic nitrogens is 5. The molecule has 144 valence electrons. The third kappa shape index (κ3) is 3.16. The van der Waals surface area contributed by atoms with Gasteiger partial charge in [0.2, 0.25) is 0 Å². The monoisotopic (exact) mass is 404 g/mol. The Morgan fingerprint density at radius 1 is 1.19 bits per heavy atom. The molecule has 1 fully saturated rings. The first-order chi connectivity index (χ1) is 12.3. The lowest BCUT2D eigenvalue weighted by molar-refractivity contribution is -0.142. The molecule has 12 heteroatoms. The molecule has 0 bridgehead atoms. The number of alkyl halides is 3. The summed E-state index contributed by atoms with van der Waals surface area (Å²) in [6.45, 7) is 0. The Morgan fingerprint density at radius 2 is 1.89 bits per heavy atom. The molecule has 7 nitrogen and oxygen atoms in total. The van der Waals surface area contributed by atoms with E-state index >= 15 is 0 Å². The molecule has 0 amide bonds. The fraction of sp³-hybridized carbons (Fsp3) is 0.333. The van der Waals surface area contributed by atoms with Gasteiger partial charge in [0.05, 0.1) is 5.54 Å². The highest BCUT2D eigenvalue weighted by atomic mass is 35.5. The molecule has 0 spiro atoms. The van der Waals surface area contributed by atoms with Crippen LogP contribution < -0.4 is 5.73 Å². The lowest BCUT2D eigenvalue weighted by Gasteiger charge is -2.34. The highest BCUT2D eigenvalue weighted by Gasteiger charge is 2.44. The van der Waals surface area contributed by atoms with Gasteiger partial charge in [-0.2, -0.15) is 18.2 Å². The van der Waals surface area contributed by atoms with Gasteiger partial charge in [0.1, 0.15) is 11.5 Å². The Kier molecular flexibility index (Phi) is 4.68. The minimum absolute atomic E-state index is 0. The lowest BCUT2D eigenvalue weighted by atomic mass is 9.77. The molecule has 2 heterocycles. The zero-order valence-electron chi connectivity index (χ0n) is 13.6. The second-order valence-electron chi connectivity index (χ2n) is 6.08. The van der Waals surface area contributed by atoms with Gasteiger partial charge < -0.3 is 10.3 Å². The van der Waals surface area contributed by atoms with Gasteiger partial charge in [-0.05, 0) is 31.4 Å². The van der Waals surface area contributed by atoms with Gasteiger partial charge in [-0.15, -0.1) is 17.5 Å². The molecule has 2 aromatic heterocycles. The molecule has 0 radical (unpaired) electrons. The van der Waals surface area contributed by atoms with Crippen molar-refractivity contribution in [1.29, 1.82) is 0 Å². The number of benzene rings is 1. The van der Waals surface area contributed by atoms with Crippen molar-refractivity contribution in [3.05, 3.63) is 41.6 Å². The van der Waals surface area contributed by atoms with Crippen LogP contribution in [0.5, 0.6) is 0 Å². The van der Waals surface area contributed by atoms with Crippen LogP contribution in [0.2, 0.25) is 0 Å². The summed E-state index contributed by atoms with van der Waals surface area (Å²) in [7, 11) is 0. The average molecular weight is 405 g/mol. The van der Waals surface area contributed by atoms with Crippen LogP contribution in [0.1, 0.15) is 30.8 Å². The maximum absolute atomic E-state index is 13.9. The van der Waals surface area contributed by atoms with E-state index in [1.807, 2.05) is 0 Å². The van der Waals surface area contributed by atoms with Crippen molar-refractivity contribution in [2.24, 2.45) is 5.73 Å². The van der Waals surface area contributed by atoms with Gasteiger partial charge in [0.25, 0.3) is 5.89 Å². The van der Waals surface area contributed by atoms with Gasteiger partial charge in [-0.25, -0.2) is 9.07 Å². The predicted molar refractivity (Wildman–Crippen MR) is 86.6 cm³/mol. The van der Waals surface area contributed by atoms with Crippen molar-refractivity contribution < 1.29 is 22.1 Å². The van der Waals surface area contributed by atoms with E-state index in [9.17, 15) is 17.6 Å². The van der Waals surface area contributed by atoms with Crippen molar-refractivity contribution in [3.63, 3.8) is 0 Å². The number of rotatable bonds is 3. The normalized spacial score (nSPS) is 15.9. The van der Waals surface area contributed by atoms with Crippen LogP contribution in [-0.2, 0) is 11.7 Å². The molecule has 27 heavy (non-hydrogen) atoms. The number of nitrogens with zero attached hydrogens (tertiary/aromatic N) is 5. The van der Waals surface area contributed by atoms with E-state index in [2.05, 4.69) is 20.5 Å². The fourth-order valence-electron chi connectivity index (χ4n) is 2.78. The highest BCUT2D eigenvalue weighted by molar-refractivity contribution is 5.85. The van der Waals surface area contributed by atoms with E-state index < -0.39 is 40.5 Å². The Morgan fingerprint density at radius 3 is 2.48 bits per heavy atom. The van der Waals surface area contributed by atoms with Gasteiger partial charge in [-0.1, -0.05) is 22.5 Å². The third-order valence-electron chi connectivity index (χ3n) is 4.34. The van der Waals surface area contributed by atoms with E-state index in [1.54, 1.807) is 0 Å². The molecule has 1 aromatic carbocycles. The van der Waals surface area contributed by atoms with Crippen LogP contribution in [-0.4, -0.2) is 25.1 Å². The van der Waals surface area contributed by atoms with Crippen molar-refractivity contribution in [1.82, 2.24) is 25.1 Å². The molecular formula is C15H13ClF4N6O. The third-order valence-corrected chi connectivity index (χ3v) is 4.34. The fourth-order valence-corrected chi connectivity index (χ4v) is 2.78. The second-order valence-corrected chi connectivity index (χ2v) is 6.08. The second kappa shape index (κ2) is 6.57. The van der Waals surface area contributed by atoms with Crippen molar-refractivity contribution in [3.8, 4) is 17.3 Å². The highest BCUT2D eigenvalue weighted by Crippen LogP contribution is 2.40. The SMILES string of the molecule is Cl.NC1(c2noc(-c3nnn(-c4ccccc4F)c3C(F)(F)F)n2)CCC1. The smallest absolute Gasteiger partial charge is 0.332 e. The standard InChI is InChI=1S/C15H12F4N6O.ClH/c16-8-4-1-2-5-9(8)25-11(15(17,18)19)10(22-24-25)12-21-13(23-26-12)14(20)6-3-7-14;/h1-2,4-5H,3,6-7,20H2;1H. The Bertz CT molecular complexity index is 965. The minimum Gasteiger partial charge on any atom is -0.332 e. The number of nitrogens with two attached hydrogens (primary N) is 1. The van der Waals surface area contributed by atoms with Crippen molar-refractivity contribution in [2.75, 3.05) is 0 Å². The maximum Gasteiger partial charge on any atom is 0.435 e. The molecule has 0 aliphatic heterocycles. The van der Waals surface area contributed by atoms with Crippen LogP contribution >= 0.6 is 12.4 Å². The number of hydrogen-bond donors (Lipinski definition) is 1. The summed E-state index contributed by atoms with van der Waals surface area (Å²) in [5, 5.41) is 10.6. The number of para-hydroxylation sites is 1. The van der Waals surface area contributed by atoms with E-state index in [4.69, 9.17) is 10.3 Å². The average Bonchev–Trinajstić information content (AvgIpc) is 3.19. The summed E-state index contributed by atoms with van der Waals surface area (Å²) in [4.78, 5) is 3.97. The van der Waals surface area contributed by atoms with Crippen LogP contribution in [0.15, 0.2) is 28.8 Å². The van der Waals surface area contributed by atoms with Crippen LogP contribution in [0.25, 0.3) is 17.3 Å². The number of hydrogen-bond acceptors (Lipinski definition) is 6. The molecule has 2 N–H and O–H groups in total. The maximum atomic E-state index is 13.9. The molecule has 0 unspecified atom stereocenters. The quantitative estimate of drug-likeness (QED) is 0.673. The predicted octanol–water partition coefficient (Wildman–Crippen LogP) is 3.23. The van der Waals surface area contributed by atoms with Crippen molar-refractivity contribution >= 4 is 12.4 Å². The Labute approximate surface area is 155 Å². The van der Waals surface area contributed by atoms with E-state index in [0.29, 0.717) is 17.5 Å². The summed E-state index contributed by atoms with van der Waals surface area (Å²) in [5.74, 6) is -1.23. The molecule has 1 aliphatic carbocycles. The molecule has 1 aliphatic rings. The molecule has 1 saturated carbocycles. The van der Waals surface area contributed by atoms with E-state index in [0.717, 1.165) is 18.6 Å². The zero-order valence-corrected chi connectivity index (χ0v) is 14.4. The molecule has 3 aromatic rings. The van der Waals surface area contributed by atoms with Gasteiger partial charge in [-0.3, -0.25) is 0 Å². The Hall–Kier alpha value is -2.53. The largest absolute Gasteiger partial charge is 0.435 e. The first kappa shape index (κ1) is 19.2. The van der Waals surface area contributed by atoms with Crippen LogP contribution in [0.3, 0.4) is 0 Å². The summed E-state index contributed by atoms with van der Waals surface area (Å²) in [6, 6.07) is 4.93. The van der Waals surface area contributed by atoms with Gasteiger partial charge in [0, 0.05) is 0 Å². The van der Waals surface area contributed by atoms with Crippen molar-refractivity contribution in [2.45, 2.75) is 31.0 Å². The van der Waals surface area contributed by atoms with Crippen LogP contribution in [0, 0.1) is 5.82 Å². The van der Waals surface area contributed by atoms with Gasteiger partial charge in [0.15, 0.2) is 17.2 Å². The van der Waals surface area contributed by atoms with Gasteiger partial charge >= 0.3 is 6.18 Å². The molecule has 0 saturated heterocycles. The summed E-state index contributed by atoms with van der Waals surface area (Å²) in [5.41, 5.74) is 2.87.